The van der Waals surface area contributed by atoms with Crippen molar-refractivity contribution in [1.29, 1.82) is 0 Å². The predicted octanol–water partition coefficient (Wildman–Crippen LogP) is 2.37. The second-order valence-corrected chi connectivity index (χ2v) is 5.82. The number of nitrogens with zero attached hydrogens (tertiary/aromatic N) is 3. The monoisotopic (exact) mass is 319 g/mol. The summed E-state index contributed by atoms with van der Waals surface area (Å²) in [5, 5.41) is 2.59. The average molecular weight is 319 g/mol. The summed E-state index contributed by atoms with van der Waals surface area (Å²) in [5.74, 6) is 0.277. The largest absolute Gasteiger partial charge is 0.474 e. The van der Waals surface area contributed by atoms with Gasteiger partial charge in [-0.25, -0.2) is 14.8 Å². The van der Waals surface area contributed by atoms with E-state index in [1.54, 1.807) is 11.6 Å². The molecule has 0 amide bonds. The molecule has 1 fully saturated rings. The number of hydrogen-bond acceptors (Lipinski definition) is 7. The summed E-state index contributed by atoms with van der Waals surface area (Å²) in [6, 6.07) is 5.66. The van der Waals surface area contributed by atoms with Gasteiger partial charge in [0, 0.05) is 43.6 Å². The first kappa shape index (κ1) is 14.8. The van der Waals surface area contributed by atoms with Gasteiger partial charge in [-0.15, -0.1) is 11.3 Å². The molecule has 116 valence electrons. The third kappa shape index (κ3) is 3.36. The van der Waals surface area contributed by atoms with Crippen LogP contribution in [0.5, 0.6) is 5.88 Å². The van der Waals surface area contributed by atoms with Crippen LogP contribution in [-0.4, -0.2) is 42.2 Å². The maximum atomic E-state index is 11.4. The van der Waals surface area contributed by atoms with Crippen LogP contribution in [0.3, 0.4) is 0 Å². The quantitative estimate of drug-likeness (QED) is 0.806. The minimum Gasteiger partial charge on any atom is -0.474 e. The van der Waals surface area contributed by atoms with E-state index in [4.69, 9.17) is 4.74 Å². The van der Waals surface area contributed by atoms with Crippen molar-refractivity contribution >= 4 is 22.4 Å². The Bertz CT molecular complexity index is 624. The maximum Gasteiger partial charge on any atom is 0.357 e. The van der Waals surface area contributed by atoms with Gasteiger partial charge >= 0.3 is 5.97 Å². The van der Waals surface area contributed by atoms with E-state index in [9.17, 15) is 4.79 Å². The SMILES string of the molecule is COC(=O)c1csc(N2CCC(Oc3ccccn3)CC2)n1. The molecule has 22 heavy (non-hydrogen) atoms. The van der Waals surface area contributed by atoms with Crippen LogP contribution in [-0.2, 0) is 4.74 Å². The van der Waals surface area contributed by atoms with Gasteiger partial charge in [0.25, 0.3) is 0 Å². The van der Waals surface area contributed by atoms with Crippen LogP contribution in [0.15, 0.2) is 29.8 Å². The number of anilines is 1. The molecule has 0 atom stereocenters. The van der Waals surface area contributed by atoms with Crippen LogP contribution in [0.1, 0.15) is 23.3 Å². The fourth-order valence-corrected chi connectivity index (χ4v) is 3.21. The Hall–Kier alpha value is -2.15. The Kier molecular flexibility index (Phi) is 4.53. The van der Waals surface area contributed by atoms with Crippen molar-refractivity contribution in [3.05, 3.63) is 35.5 Å². The van der Waals surface area contributed by atoms with Gasteiger partial charge in [-0.2, -0.15) is 0 Å². The van der Waals surface area contributed by atoms with Crippen molar-refractivity contribution in [3.8, 4) is 5.88 Å². The molecule has 2 aromatic rings. The number of rotatable bonds is 4. The standard InChI is InChI=1S/C15H17N3O3S/c1-20-14(19)12-10-22-15(17-12)18-8-5-11(6-9-18)21-13-4-2-3-7-16-13/h2-4,7,10-11H,5-6,8-9H2,1H3. The van der Waals surface area contributed by atoms with Gasteiger partial charge in [0.1, 0.15) is 6.10 Å². The van der Waals surface area contributed by atoms with Gasteiger partial charge in [-0.05, 0) is 6.07 Å². The molecule has 1 aliphatic heterocycles. The van der Waals surface area contributed by atoms with E-state index in [-0.39, 0.29) is 6.10 Å². The lowest BCUT2D eigenvalue weighted by Gasteiger charge is -2.31. The number of pyridine rings is 1. The van der Waals surface area contributed by atoms with E-state index in [1.807, 2.05) is 18.2 Å². The summed E-state index contributed by atoms with van der Waals surface area (Å²) < 4.78 is 10.6. The summed E-state index contributed by atoms with van der Waals surface area (Å²) in [6.45, 7) is 1.71. The first-order valence-corrected chi connectivity index (χ1v) is 8.00. The van der Waals surface area contributed by atoms with Crippen molar-refractivity contribution in [2.24, 2.45) is 0 Å². The van der Waals surface area contributed by atoms with Gasteiger partial charge in [0.15, 0.2) is 10.8 Å². The number of methoxy groups -OCH3 is 1. The maximum absolute atomic E-state index is 11.4. The number of hydrogen-bond donors (Lipinski definition) is 0. The molecular formula is C15H17N3O3S. The predicted molar refractivity (Wildman–Crippen MR) is 83.6 cm³/mol. The highest BCUT2D eigenvalue weighted by Gasteiger charge is 2.23. The normalized spacial score (nSPS) is 15.6. The number of esters is 1. The second kappa shape index (κ2) is 6.74. The molecule has 2 aromatic heterocycles. The van der Waals surface area contributed by atoms with E-state index in [0.717, 1.165) is 31.1 Å². The molecule has 1 saturated heterocycles. The highest BCUT2D eigenvalue weighted by Crippen LogP contribution is 2.25. The van der Waals surface area contributed by atoms with Crippen molar-refractivity contribution in [2.45, 2.75) is 18.9 Å². The zero-order chi connectivity index (χ0) is 15.4. The molecule has 7 heteroatoms. The highest BCUT2D eigenvalue weighted by atomic mass is 32.1. The van der Waals surface area contributed by atoms with Crippen LogP contribution in [0.4, 0.5) is 5.13 Å². The molecule has 1 aliphatic rings. The summed E-state index contributed by atoms with van der Waals surface area (Å²) in [5.41, 5.74) is 0.370. The van der Waals surface area contributed by atoms with Gasteiger partial charge in [0.2, 0.25) is 5.88 Å². The molecule has 0 saturated carbocycles. The lowest BCUT2D eigenvalue weighted by molar-refractivity contribution is 0.0595. The topological polar surface area (TPSA) is 64.5 Å². The summed E-state index contributed by atoms with van der Waals surface area (Å²) in [4.78, 5) is 22.1. The third-order valence-electron chi connectivity index (χ3n) is 3.52. The lowest BCUT2D eigenvalue weighted by Crippen LogP contribution is -2.38. The summed E-state index contributed by atoms with van der Waals surface area (Å²) in [7, 11) is 1.36. The molecule has 0 radical (unpaired) electrons. The molecular weight excluding hydrogens is 302 g/mol. The molecule has 3 rings (SSSR count). The fraction of sp³-hybridized carbons (Fsp3) is 0.400. The first-order valence-electron chi connectivity index (χ1n) is 7.13. The minimum atomic E-state index is -0.393. The van der Waals surface area contributed by atoms with Crippen LogP contribution in [0.25, 0.3) is 0 Å². The molecule has 0 spiro atoms. The van der Waals surface area contributed by atoms with Crippen LogP contribution in [0.2, 0.25) is 0 Å². The van der Waals surface area contributed by atoms with Gasteiger partial charge in [0.05, 0.1) is 7.11 Å². The van der Waals surface area contributed by atoms with Gasteiger partial charge in [-0.1, -0.05) is 6.07 Å². The Morgan fingerprint density at radius 3 is 2.86 bits per heavy atom. The molecule has 0 aromatic carbocycles. The number of carbonyl (C=O) groups is 1. The number of ether oxygens (including phenoxy) is 2. The zero-order valence-electron chi connectivity index (χ0n) is 12.3. The van der Waals surface area contributed by atoms with Gasteiger partial charge in [-0.3, -0.25) is 0 Å². The molecule has 0 N–H and O–H groups in total. The van der Waals surface area contributed by atoms with E-state index >= 15 is 0 Å². The summed E-state index contributed by atoms with van der Waals surface area (Å²) in [6.07, 6.45) is 3.72. The average Bonchev–Trinajstić information content (AvgIpc) is 3.06. The van der Waals surface area contributed by atoms with Crippen molar-refractivity contribution in [3.63, 3.8) is 0 Å². The van der Waals surface area contributed by atoms with Gasteiger partial charge < -0.3 is 14.4 Å². The number of aromatic nitrogens is 2. The van der Waals surface area contributed by atoms with E-state index in [0.29, 0.717) is 11.6 Å². The van der Waals surface area contributed by atoms with Crippen molar-refractivity contribution in [1.82, 2.24) is 9.97 Å². The molecule has 0 aliphatic carbocycles. The number of thiazole rings is 1. The molecule has 6 nitrogen and oxygen atoms in total. The first-order chi connectivity index (χ1) is 10.8. The molecule has 3 heterocycles. The zero-order valence-corrected chi connectivity index (χ0v) is 13.1. The minimum absolute atomic E-state index is 0.172. The fourth-order valence-electron chi connectivity index (χ4n) is 2.36. The van der Waals surface area contributed by atoms with E-state index in [1.165, 1.54) is 18.4 Å². The van der Waals surface area contributed by atoms with E-state index in [2.05, 4.69) is 19.6 Å². The summed E-state index contributed by atoms with van der Waals surface area (Å²) >= 11 is 1.47. The Morgan fingerprint density at radius 2 is 2.18 bits per heavy atom. The number of piperidine rings is 1. The van der Waals surface area contributed by atoms with Crippen LogP contribution >= 0.6 is 11.3 Å². The van der Waals surface area contributed by atoms with Crippen LogP contribution in [0, 0.1) is 0 Å². The number of carbonyl (C=O) groups excluding carboxylic acids is 1. The third-order valence-corrected chi connectivity index (χ3v) is 4.43. The highest BCUT2D eigenvalue weighted by molar-refractivity contribution is 7.13. The Labute approximate surface area is 132 Å². The lowest BCUT2D eigenvalue weighted by atomic mass is 10.1. The van der Waals surface area contributed by atoms with Crippen molar-refractivity contribution in [2.75, 3.05) is 25.1 Å². The Morgan fingerprint density at radius 1 is 1.36 bits per heavy atom. The second-order valence-electron chi connectivity index (χ2n) is 4.98. The smallest absolute Gasteiger partial charge is 0.357 e. The van der Waals surface area contributed by atoms with Crippen molar-refractivity contribution < 1.29 is 14.3 Å². The molecule has 0 unspecified atom stereocenters. The van der Waals surface area contributed by atoms with E-state index < -0.39 is 5.97 Å². The van der Waals surface area contributed by atoms with Crippen LogP contribution < -0.4 is 9.64 Å². The Balaban J connectivity index is 1.55. The molecule has 0 bridgehead atoms.